The van der Waals surface area contributed by atoms with E-state index in [1.54, 1.807) is 6.26 Å². The summed E-state index contributed by atoms with van der Waals surface area (Å²) in [6, 6.07) is 4.45. The fourth-order valence-corrected chi connectivity index (χ4v) is 3.26. The molecule has 1 saturated heterocycles. The number of furan rings is 1. The number of rotatable bonds is 4. The largest absolute Gasteiger partial charge is 0.468 e. The summed E-state index contributed by atoms with van der Waals surface area (Å²) in [6.07, 6.45) is 9.26. The molecule has 1 aliphatic heterocycles. The SMILES string of the molecule is c1coc([C@H]2CCCCCN2Cc2nc(C3CC3)n[nH]2)c1. The quantitative estimate of drug-likeness (QED) is 0.936. The molecule has 1 saturated carbocycles. The second-order valence-electron chi connectivity index (χ2n) is 6.27. The molecule has 0 amide bonds. The van der Waals surface area contributed by atoms with Crippen LogP contribution in [0.5, 0.6) is 0 Å². The zero-order chi connectivity index (χ0) is 14.1. The summed E-state index contributed by atoms with van der Waals surface area (Å²) in [7, 11) is 0. The van der Waals surface area contributed by atoms with E-state index in [0.29, 0.717) is 12.0 Å². The van der Waals surface area contributed by atoms with Crippen LogP contribution in [0.1, 0.15) is 67.9 Å². The number of aromatic amines is 1. The molecule has 2 aromatic heterocycles. The average Bonchev–Trinajstić information content (AvgIpc) is 3.09. The van der Waals surface area contributed by atoms with Gasteiger partial charge in [-0.1, -0.05) is 12.8 Å². The maximum absolute atomic E-state index is 5.66. The van der Waals surface area contributed by atoms with E-state index in [1.165, 1.54) is 32.1 Å². The highest BCUT2D eigenvalue weighted by Gasteiger charge is 2.29. The molecule has 2 aliphatic rings. The van der Waals surface area contributed by atoms with Crippen molar-refractivity contribution in [1.29, 1.82) is 0 Å². The molecule has 1 N–H and O–H groups in total. The minimum absolute atomic E-state index is 0.372. The van der Waals surface area contributed by atoms with Gasteiger partial charge < -0.3 is 4.42 Å². The van der Waals surface area contributed by atoms with E-state index in [2.05, 4.69) is 26.1 Å². The number of hydrogen-bond acceptors (Lipinski definition) is 4. The number of likely N-dealkylation sites (tertiary alicyclic amines) is 1. The van der Waals surface area contributed by atoms with E-state index >= 15 is 0 Å². The molecule has 2 fully saturated rings. The van der Waals surface area contributed by atoms with Gasteiger partial charge in [0, 0.05) is 5.92 Å². The molecule has 5 heteroatoms. The monoisotopic (exact) mass is 286 g/mol. The van der Waals surface area contributed by atoms with Crippen molar-refractivity contribution in [2.45, 2.75) is 57.0 Å². The third-order valence-corrected chi connectivity index (χ3v) is 4.58. The zero-order valence-corrected chi connectivity index (χ0v) is 12.3. The lowest BCUT2D eigenvalue weighted by Gasteiger charge is -2.27. The van der Waals surface area contributed by atoms with Crippen molar-refractivity contribution in [3.05, 3.63) is 35.8 Å². The number of H-pyrrole nitrogens is 1. The molecule has 21 heavy (non-hydrogen) atoms. The Morgan fingerprint density at radius 1 is 1.24 bits per heavy atom. The second kappa shape index (κ2) is 5.64. The van der Waals surface area contributed by atoms with Crippen LogP contribution in [0.15, 0.2) is 22.8 Å². The minimum atomic E-state index is 0.372. The first-order chi connectivity index (χ1) is 10.4. The maximum atomic E-state index is 5.66. The van der Waals surface area contributed by atoms with E-state index in [-0.39, 0.29) is 0 Å². The summed E-state index contributed by atoms with van der Waals surface area (Å²) in [5.41, 5.74) is 0. The summed E-state index contributed by atoms with van der Waals surface area (Å²) in [6.45, 7) is 1.94. The Labute approximate surface area is 124 Å². The Morgan fingerprint density at radius 2 is 2.19 bits per heavy atom. The average molecular weight is 286 g/mol. The Hall–Kier alpha value is -1.62. The summed E-state index contributed by atoms with van der Waals surface area (Å²) in [4.78, 5) is 7.16. The topological polar surface area (TPSA) is 58.0 Å². The summed E-state index contributed by atoms with van der Waals surface area (Å²) in [5, 5.41) is 7.50. The molecule has 4 rings (SSSR count). The van der Waals surface area contributed by atoms with Crippen LogP contribution in [0, 0.1) is 0 Å². The summed E-state index contributed by atoms with van der Waals surface area (Å²) < 4.78 is 5.66. The van der Waals surface area contributed by atoms with Gasteiger partial charge in [0.25, 0.3) is 0 Å². The van der Waals surface area contributed by atoms with Gasteiger partial charge in [0.2, 0.25) is 0 Å². The number of nitrogens with zero attached hydrogens (tertiary/aromatic N) is 3. The zero-order valence-electron chi connectivity index (χ0n) is 12.3. The van der Waals surface area contributed by atoms with Gasteiger partial charge in [-0.3, -0.25) is 10.00 Å². The first-order valence-corrected chi connectivity index (χ1v) is 8.09. The van der Waals surface area contributed by atoms with Crippen molar-refractivity contribution in [3.8, 4) is 0 Å². The minimum Gasteiger partial charge on any atom is -0.468 e. The van der Waals surface area contributed by atoms with E-state index in [9.17, 15) is 0 Å². The standard InChI is InChI=1S/C16H22N4O/c1-2-5-13(14-6-4-10-21-14)20(9-3-1)11-15-17-16(19-18-15)12-7-8-12/h4,6,10,12-13H,1-3,5,7-9,11H2,(H,17,18,19)/t13-/m1/s1. The maximum Gasteiger partial charge on any atom is 0.153 e. The normalized spacial score (nSPS) is 24.1. The van der Waals surface area contributed by atoms with Crippen molar-refractivity contribution in [2.24, 2.45) is 0 Å². The van der Waals surface area contributed by atoms with Crippen LogP contribution in [-0.4, -0.2) is 26.6 Å². The highest BCUT2D eigenvalue weighted by Crippen LogP contribution is 2.38. The van der Waals surface area contributed by atoms with Crippen LogP contribution < -0.4 is 0 Å². The first kappa shape index (κ1) is 13.1. The van der Waals surface area contributed by atoms with Crippen LogP contribution in [0.2, 0.25) is 0 Å². The van der Waals surface area contributed by atoms with E-state index in [1.807, 2.05) is 6.07 Å². The van der Waals surface area contributed by atoms with Gasteiger partial charge in [-0.05, 0) is 44.4 Å². The molecular formula is C16H22N4O. The highest BCUT2D eigenvalue weighted by atomic mass is 16.3. The van der Waals surface area contributed by atoms with Gasteiger partial charge in [-0.2, -0.15) is 5.10 Å². The number of nitrogens with one attached hydrogen (secondary N) is 1. The Morgan fingerprint density at radius 3 is 3.00 bits per heavy atom. The molecule has 0 radical (unpaired) electrons. The molecule has 0 bridgehead atoms. The van der Waals surface area contributed by atoms with Gasteiger partial charge in [0.05, 0.1) is 18.8 Å². The molecule has 5 nitrogen and oxygen atoms in total. The molecule has 112 valence electrons. The third-order valence-electron chi connectivity index (χ3n) is 4.58. The van der Waals surface area contributed by atoms with Crippen molar-refractivity contribution in [3.63, 3.8) is 0 Å². The molecule has 0 unspecified atom stereocenters. The van der Waals surface area contributed by atoms with Crippen LogP contribution in [0.25, 0.3) is 0 Å². The predicted octanol–water partition coefficient (Wildman–Crippen LogP) is 3.39. The van der Waals surface area contributed by atoms with E-state index in [4.69, 9.17) is 4.42 Å². The van der Waals surface area contributed by atoms with E-state index in [0.717, 1.165) is 36.9 Å². The van der Waals surface area contributed by atoms with Crippen LogP contribution >= 0.6 is 0 Å². The van der Waals surface area contributed by atoms with Gasteiger partial charge >= 0.3 is 0 Å². The van der Waals surface area contributed by atoms with Crippen molar-refractivity contribution < 1.29 is 4.42 Å². The Balaban J connectivity index is 1.51. The second-order valence-corrected chi connectivity index (χ2v) is 6.27. The molecule has 1 aliphatic carbocycles. The fraction of sp³-hybridized carbons (Fsp3) is 0.625. The third kappa shape index (κ3) is 2.88. The van der Waals surface area contributed by atoms with Crippen molar-refractivity contribution in [2.75, 3.05) is 6.54 Å². The molecule has 0 aromatic carbocycles. The van der Waals surface area contributed by atoms with Gasteiger partial charge in [-0.25, -0.2) is 4.98 Å². The Bertz CT molecular complexity index is 573. The van der Waals surface area contributed by atoms with Gasteiger partial charge in [-0.15, -0.1) is 0 Å². The number of aromatic nitrogens is 3. The lowest BCUT2D eigenvalue weighted by atomic mass is 10.1. The van der Waals surface area contributed by atoms with Crippen molar-refractivity contribution in [1.82, 2.24) is 20.1 Å². The lowest BCUT2D eigenvalue weighted by molar-refractivity contribution is 0.165. The molecule has 3 heterocycles. The summed E-state index contributed by atoms with van der Waals surface area (Å²) in [5.74, 6) is 3.70. The van der Waals surface area contributed by atoms with Crippen LogP contribution in [0.4, 0.5) is 0 Å². The molecular weight excluding hydrogens is 264 g/mol. The van der Waals surface area contributed by atoms with Crippen LogP contribution in [0.3, 0.4) is 0 Å². The molecule has 1 atom stereocenters. The highest BCUT2D eigenvalue weighted by molar-refractivity contribution is 5.07. The van der Waals surface area contributed by atoms with E-state index < -0.39 is 0 Å². The fourth-order valence-electron chi connectivity index (χ4n) is 3.26. The van der Waals surface area contributed by atoms with Gasteiger partial charge in [0.1, 0.15) is 11.6 Å². The smallest absolute Gasteiger partial charge is 0.153 e. The van der Waals surface area contributed by atoms with Gasteiger partial charge in [0.15, 0.2) is 5.82 Å². The molecule has 0 spiro atoms. The first-order valence-electron chi connectivity index (χ1n) is 8.09. The lowest BCUT2D eigenvalue weighted by Crippen LogP contribution is -2.28. The van der Waals surface area contributed by atoms with Crippen LogP contribution in [-0.2, 0) is 6.54 Å². The van der Waals surface area contributed by atoms with Crippen molar-refractivity contribution >= 4 is 0 Å². The number of hydrogen-bond donors (Lipinski definition) is 1. The summed E-state index contributed by atoms with van der Waals surface area (Å²) >= 11 is 0. The predicted molar refractivity (Wildman–Crippen MR) is 78.7 cm³/mol. The Kier molecular flexibility index (Phi) is 3.51. The molecule has 2 aromatic rings.